The van der Waals surface area contributed by atoms with Crippen LogP contribution in [0.4, 0.5) is 0 Å². The Morgan fingerprint density at radius 1 is 1.38 bits per heavy atom. The van der Waals surface area contributed by atoms with E-state index < -0.39 is 0 Å². The molecular weight excluding hydrogens is 202 g/mol. The van der Waals surface area contributed by atoms with Crippen LogP contribution in [0.3, 0.4) is 0 Å². The maximum atomic E-state index is 6.12. The smallest absolute Gasteiger partial charge is 0.0594 e. The van der Waals surface area contributed by atoms with E-state index in [1.807, 2.05) is 7.05 Å². The van der Waals surface area contributed by atoms with Crippen molar-refractivity contribution in [2.45, 2.75) is 19.0 Å². The van der Waals surface area contributed by atoms with Crippen molar-refractivity contribution >= 4 is 0 Å². The van der Waals surface area contributed by atoms with E-state index in [1.54, 1.807) is 0 Å². The Kier molecular flexibility index (Phi) is 3.63. The van der Waals surface area contributed by atoms with Crippen molar-refractivity contribution in [3.63, 3.8) is 0 Å². The van der Waals surface area contributed by atoms with E-state index in [9.17, 15) is 0 Å². The molecular formula is C12H21N3O. The minimum Gasteiger partial charge on any atom is -0.379 e. The van der Waals surface area contributed by atoms with Gasteiger partial charge in [-0.1, -0.05) is 0 Å². The quantitative estimate of drug-likeness (QED) is 0.822. The van der Waals surface area contributed by atoms with E-state index in [0.717, 1.165) is 26.3 Å². The van der Waals surface area contributed by atoms with Gasteiger partial charge in [-0.05, 0) is 18.6 Å². The van der Waals surface area contributed by atoms with Crippen LogP contribution in [-0.4, -0.2) is 41.8 Å². The van der Waals surface area contributed by atoms with Crippen molar-refractivity contribution in [1.29, 1.82) is 0 Å². The monoisotopic (exact) mass is 223 g/mol. The number of aryl methyl sites for hydroxylation is 1. The second-order valence-electron chi connectivity index (χ2n) is 4.56. The molecule has 2 rings (SSSR count). The molecule has 0 aliphatic carbocycles. The highest BCUT2D eigenvalue weighted by Gasteiger charge is 2.26. The standard InChI is InChI=1S/C12H21N3O/c1-10(13)12(11-3-4-14(2)9-11)15-5-7-16-8-6-15/h3-4,9-10,12H,5-8,13H2,1-2H3. The molecule has 1 aromatic rings. The minimum atomic E-state index is 0.139. The van der Waals surface area contributed by atoms with Gasteiger partial charge >= 0.3 is 0 Å². The van der Waals surface area contributed by atoms with E-state index in [0.29, 0.717) is 6.04 Å². The van der Waals surface area contributed by atoms with E-state index in [-0.39, 0.29) is 6.04 Å². The SMILES string of the molecule is CC(N)C(c1ccn(C)c1)N1CCOCC1. The lowest BCUT2D eigenvalue weighted by Crippen LogP contribution is -2.45. The third kappa shape index (κ3) is 2.45. The van der Waals surface area contributed by atoms with Gasteiger partial charge in [-0.25, -0.2) is 0 Å². The van der Waals surface area contributed by atoms with Crippen LogP contribution >= 0.6 is 0 Å². The van der Waals surface area contributed by atoms with Gasteiger partial charge in [-0.3, -0.25) is 4.90 Å². The summed E-state index contributed by atoms with van der Waals surface area (Å²) in [6.07, 6.45) is 4.23. The van der Waals surface area contributed by atoms with Gasteiger partial charge in [0, 0.05) is 38.6 Å². The lowest BCUT2D eigenvalue weighted by Gasteiger charge is -2.36. The molecule has 0 bridgehead atoms. The largest absolute Gasteiger partial charge is 0.379 e. The average molecular weight is 223 g/mol. The number of nitrogens with zero attached hydrogens (tertiary/aromatic N) is 2. The Labute approximate surface area is 97.0 Å². The molecule has 0 amide bonds. The lowest BCUT2D eigenvalue weighted by molar-refractivity contribution is 0.0116. The first-order valence-corrected chi connectivity index (χ1v) is 5.87. The van der Waals surface area contributed by atoms with Crippen molar-refractivity contribution in [2.24, 2.45) is 12.8 Å². The third-order valence-electron chi connectivity index (χ3n) is 3.13. The summed E-state index contributed by atoms with van der Waals surface area (Å²) in [5.74, 6) is 0. The van der Waals surface area contributed by atoms with Crippen LogP contribution in [-0.2, 0) is 11.8 Å². The molecule has 1 fully saturated rings. The highest BCUT2D eigenvalue weighted by atomic mass is 16.5. The van der Waals surface area contributed by atoms with Gasteiger partial charge in [0.25, 0.3) is 0 Å². The Morgan fingerprint density at radius 2 is 2.06 bits per heavy atom. The average Bonchev–Trinajstić information content (AvgIpc) is 2.66. The number of rotatable bonds is 3. The molecule has 2 atom stereocenters. The van der Waals surface area contributed by atoms with E-state index >= 15 is 0 Å². The molecule has 0 spiro atoms. The Hall–Kier alpha value is -0.840. The summed E-state index contributed by atoms with van der Waals surface area (Å²) in [7, 11) is 2.04. The number of nitrogens with two attached hydrogens (primary N) is 1. The molecule has 4 nitrogen and oxygen atoms in total. The molecule has 4 heteroatoms. The van der Waals surface area contributed by atoms with E-state index in [4.69, 9.17) is 10.5 Å². The van der Waals surface area contributed by atoms with Gasteiger partial charge in [0.2, 0.25) is 0 Å². The molecule has 0 aromatic carbocycles. The van der Waals surface area contributed by atoms with Gasteiger partial charge in [-0.2, -0.15) is 0 Å². The molecule has 0 saturated carbocycles. The van der Waals surface area contributed by atoms with Crippen LogP contribution in [0.25, 0.3) is 0 Å². The van der Waals surface area contributed by atoms with E-state index in [2.05, 4.69) is 34.9 Å². The van der Waals surface area contributed by atoms with Crippen molar-refractivity contribution in [3.8, 4) is 0 Å². The highest BCUT2D eigenvalue weighted by molar-refractivity contribution is 5.17. The fourth-order valence-electron chi connectivity index (χ4n) is 2.40. The van der Waals surface area contributed by atoms with Crippen LogP contribution in [0.5, 0.6) is 0 Å². The zero-order valence-electron chi connectivity index (χ0n) is 10.1. The van der Waals surface area contributed by atoms with Gasteiger partial charge in [0.05, 0.1) is 19.3 Å². The predicted octanol–water partition coefficient (Wildman–Crippen LogP) is 0.746. The molecule has 90 valence electrons. The van der Waals surface area contributed by atoms with E-state index in [1.165, 1.54) is 5.56 Å². The maximum absolute atomic E-state index is 6.12. The Morgan fingerprint density at radius 3 is 2.56 bits per heavy atom. The number of hydrogen-bond acceptors (Lipinski definition) is 3. The molecule has 2 N–H and O–H groups in total. The third-order valence-corrected chi connectivity index (χ3v) is 3.13. The van der Waals surface area contributed by atoms with Crippen LogP contribution < -0.4 is 5.73 Å². The van der Waals surface area contributed by atoms with Crippen LogP contribution in [0, 0.1) is 0 Å². The predicted molar refractivity (Wildman–Crippen MR) is 64.2 cm³/mol. The topological polar surface area (TPSA) is 43.4 Å². The first-order valence-electron chi connectivity index (χ1n) is 5.87. The summed E-state index contributed by atoms with van der Waals surface area (Å²) in [5.41, 5.74) is 7.42. The Balaban J connectivity index is 2.16. The van der Waals surface area contributed by atoms with Crippen LogP contribution in [0.15, 0.2) is 18.5 Å². The molecule has 1 aromatic heterocycles. The first kappa shape index (κ1) is 11.6. The fourth-order valence-corrected chi connectivity index (χ4v) is 2.40. The summed E-state index contributed by atoms with van der Waals surface area (Å²) in [6.45, 7) is 5.65. The number of aromatic nitrogens is 1. The lowest BCUT2D eigenvalue weighted by atomic mass is 10.0. The van der Waals surface area contributed by atoms with Crippen molar-refractivity contribution < 1.29 is 4.74 Å². The van der Waals surface area contributed by atoms with Gasteiger partial charge in [0.15, 0.2) is 0 Å². The maximum Gasteiger partial charge on any atom is 0.0594 e. The minimum absolute atomic E-state index is 0.139. The fraction of sp³-hybridized carbons (Fsp3) is 0.667. The molecule has 1 saturated heterocycles. The number of hydrogen-bond donors (Lipinski definition) is 1. The van der Waals surface area contributed by atoms with Crippen LogP contribution in [0.2, 0.25) is 0 Å². The van der Waals surface area contributed by atoms with Crippen molar-refractivity contribution in [3.05, 3.63) is 24.0 Å². The molecule has 0 radical (unpaired) electrons. The summed E-state index contributed by atoms with van der Waals surface area (Å²) in [5, 5.41) is 0. The second-order valence-corrected chi connectivity index (χ2v) is 4.56. The van der Waals surface area contributed by atoms with Gasteiger partial charge in [0.1, 0.15) is 0 Å². The summed E-state index contributed by atoms with van der Waals surface area (Å²) in [6, 6.07) is 2.61. The molecule has 2 heterocycles. The normalized spacial score (nSPS) is 21.9. The molecule has 1 aliphatic heterocycles. The number of morpholine rings is 1. The zero-order chi connectivity index (χ0) is 11.5. The van der Waals surface area contributed by atoms with Gasteiger partial charge in [-0.15, -0.1) is 0 Å². The molecule has 16 heavy (non-hydrogen) atoms. The van der Waals surface area contributed by atoms with Crippen molar-refractivity contribution in [2.75, 3.05) is 26.3 Å². The van der Waals surface area contributed by atoms with Gasteiger partial charge < -0.3 is 15.0 Å². The number of ether oxygens (including phenoxy) is 1. The van der Waals surface area contributed by atoms with Crippen molar-refractivity contribution in [1.82, 2.24) is 9.47 Å². The molecule has 2 unspecified atom stereocenters. The summed E-state index contributed by atoms with van der Waals surface area (Å²) in [4.78, 5) is 2.42. The Bertz CT molecular complexity index is 329. The summed E-state index contributed by atoms with van der Waals surface area (Å²) < 4.78 is 7.46. The second kappa shape index (κ2) is 4.99. The first-order chi connectivity index (χ1) is 7.68. The zero-order valence-corrected chi connectivity index (χ0v) is 10.1. The highest BCUT2D eigenvalue weighted by Crippen LogP contribution is 2.24. The molecule has 1 aliphatic rings. The van der Waals surface area contributed by atoms with Crippen LogP contribution in [0.1, 0.15) is 18.5 Å². The summed E-state index contributed by atoms with van der Waals surface area (Å²) >= 11 is 0.